The predicted octanol–water partition coefficient (Wildman–Crippen LogP) is 3.69. The molecule has 0 bridgehead atoms. The lowest BCUT2D eigenvalue weighted by Gasteiger charge is -2.31. The van der Waals surface area contributed by atoms with Gasteiger partial charge < -0.3 is 25.4 Å². The van der Waals surface area contributed by atoms with Gasteiger partial charge in [0, 0.05) is 32.1 Å². The molecule has 0 spiro atoms. The molecule has 2 atom stereocenters. The van der Waals surface area contributed by atoms with E-state index in [4.69, 9.17) is 4.74 Å². The first kappa shape index (κ1) is 29.3. The molecule has 1 aliphatic carbocycles. The summed E-state index contributed by atoms with van der Waals surface area (Å²) in [6.07, 6.45) is -0.132. The molecule has 2 amide bonds. The average molecular weight is 571 g/mol. The number of carbonyl (C=O) groups excluding carboxylic acids is 2. The van der Waals surface area contributed by atoms with Gasteiger partial charge in [0.2, 0.25) is 5.91 Å². The van der Waals surface area contributed by atoms with Gasteiger partial charge in [0.1, 0.15) is 18.2 Å². The fraction of sp³-hybridized carbons (Fsp3) is 0.364. The van der Waals surface area contributed by atoms with Crippen molar-refractivity contribution in [2.75, 3.05) is 40.3 Å². The Labute approximate surface area is 246 Å². The fourth-order valence-corrected chi connectivity index (χ4v) is 5.98. The molecule has 3 aromatic rings. The standard InChI is InChI=1S/C33H38N4O5/c1-36(2)18-16-29(30(38)39)34-31(40)33(17-19-37(22-33)20-23-10-4-3-5-11-23)35-32(41)42-21-28-26-14-8-6-12-24(26)25-13-7-9-15-27(25)28/h3-15,28-29H,16-22H2,1-2H3,(H,34,40)(H,35,41)(H,38,39). The number of hydrogen-bond donors (Lipinski definition) is 3. The summed E-state index contributed by atoms with van der Waals surface area (Å²) in [5.41, 5.74) is 4.20. The Morgan fingerprint density at radius 3 is 2.21 bits per heavy atom. The number of aliphatic carboxylic acids is 1. The first-order valence-corrected chi connectivity index (χ1v) is 14.3. The van der Waals surface area contributed by atoms with E-state index in [1.54, 1.807) is 0 Å². The van der Waals surface area contributed by atoms with Crippen molar-refractivity contribution >= 4 is 18.0 Å². The van der Waals surface area contributed by atoms with Gasteiger partial charge >= 0.3 is 12.1 Å². The van der Waals surface area contributed by atoms with Crippen LogP contribution in [0.15, 0.2) is 78.9 Å². The number of nitrogens with zero attached hydrogens (tertiary/aromatic N) is 2. The molecule has 220 valence electrons. The molecule has 2 unspecified atom stereocenters. The maximum absolute atomic E-state index is 13.8. The van der Waals surface area contributed by atoms with Crippen LogP contribution in [0.4, 0.5) is 4.79 Å². The number of likely N-dealkylation sites (tertiary alicyclic amines) is 1. The summed E-state index contributed by atoms with van der Waals surface area (Å²) < 4.78 is 5.79. The number of carboxylic acid groups (broad SMARTS) is 1. The normalized spacial score (nSPS) is 18.7. The lowest BCUT2D eigenvalue weighted by atomic mass is 9.96. The first-order chi connectivity index (χ1) is 20.3. The van der Waals surface area contributed by atoms with Crippen molar-refractivity contribution < 1.29 is 24.2 Å². The molecule has 0 saturated carbocycles. The summed E-state index contributed by atoms with van der Waals surface area (Å²) in [6.45, 7) is 2.00. The van der Waals surface area contributed by atoms with Crippen LogP contribution < -0.4 is 10.6 Å². The third-order valence-electron chi connectivity index (χ3n) is 8.19. The van der Waals surface area contributed by atoms with Crippen LogP contribution in [0.1, 0.15) is 35.4 Å². The van der Waals surface area contributed by atoms with Crippen LogP contribution in [0, 0.1) is 0 Å². The van der Waals surface area contributed by atoms with Gasteiger partial charge in [-0.3, -0.25) is 9.69 Å². The van der Waals surface area contributed by atoms with Gasteiger partial charge in [0.05, 0.1) is 0 Å². The summed E-state index contributed by atoms with van der Waals surface area (Å²) >= 11 is 0. The summed E-state index contributed by atoms with van der Waals surface area (Å²) in [5, 5.41) is 15.4. The molecule has 1 fully saturated rings. The molecule has 3 N–H and O–H groups in total. The third kappa shape index (κ3) is 6.48. The predicted molar refractivity (Wildman–Crippen MR) is 160 cm³/mol. The van der Waals surface area contributed by atoms with Crippen molar-refractivity contribution in [1.82, 2.24) is 20.4 Å². The Morgan fingerprint density at radius 2 is 1.60 bits per heavy atom. The number of rotatable bonds is 11. The zero-order valence-electron chi connectivity index (χ0n) is 24.1. The zero-order valence-corrected chi connectivity index (χ0v) is 24.1. The van der Waals surface area contributed by atoms with Crippen LogP contribution in [0.3, 0.4) is 0 Å². The molecule has 1 heterocycles. The van der Waals surface area contributed by atoms with E-state index < -0.39 is 29.6 Å². The Bertz CT molecular complexity index is 1380. The molecule has 9 nitrogen and oxygen atoms in total. The van der Waals surface area contributed by atoms with Crippen molar-refractivity contribution in [2.24, 2.45) is 0 Å². The van der Waals surface area contributed by atoms with E-state index in [-0.39, 0.29) is 25.5 Å². The molecule has 1 saturated heterocycles. The Kier molecular flexibility index (Phi) is 8.89. The molecule has 0 aromatic heterocycles. The summed E-state index contributed by atoms with van der Waals surface area (Å²) in [4.78, 5) is 43.0. The number of nitrogens with one attached hydrogen (secondary N) is 2. The highest BCUT2D eigenvalue weighted by atomic mass is 16.5. The van der Waals surface area contributed by atoms with Crippen molar-refractivity contribution in [3.63, 3.8) is 0 Å². The smallest absolute Gasteiger partial charge is 0.408 e. The number of ether oxygens (including phenoxy) is 1. The SMILES string of the molecule is CN(C)CCC(NC(=O)C1(NC(=O)OCC2c3ccccc3-c3ccccc32)CCN(Cc2ccccc2)C1)C(=O)O. The van der Waals surface area contributed by atoms with E-state index in [0.717, 1.165) is 27.8 Å². The minimum atomic E-state index is -1.33. The van der Waals surface area contributed by atoms with Crippen molar-refractivity contribution in [1.29, 1.82) is 0 Å². The summed E-state index contributed by atoms with van der Waals surface area (Å²) in [7, 11) is 3.69. The van der Waals surface area contributed by atoms with E-state index in [2.05, 4.69) is 39.8 Å². The van der Waals surface area contributed by atoms with E-state index in [9.17, 15) is 19.5 Å². The molecule has 1 aliphatic heterocycles. The van der Waals surface area contributed by atoms with E-state index in [1.165, 1.54) is 0 Å². The van der Waals surface area contributed by atoms with Crippen LogP contribution in [0.2, 0.25) is 0 Å². The van der Waals surface area contributed by atoms with Gasteiger partial charge in [0.25, 0.3) is 0 Å². The van der Waals surface area contributed by atoms with Crippen molar-refractivity contribution in [2.45, 2.75) is 36.9 Å². The number of carbonyl (C=O) groups is 3. The number of carboxylic acids is 1. The quantitative estimate of drug-likeness (QED) is 0.323. The second kappa shape index (κ2) is 12.8. The van der Waals surface area contributed by atoms with Crippen molar-refractivity contribution in [3.05, 3.63) is 95.6 Å². The van der Waals surface area contributed by atoms with Gasteiger partial charge in [-0.1, -0.05) is 78.9 Å². The lowest BCUT2D eigenvalue weighted by molar-refractivity contribution is -0.143. The van der Waals surface area contributed by atoms with Crippen LogP contribution in [-0.4, -0.2) is 84.8 Å². The number of amides is 2. The molecule has 2 aliphatic rings. The highest BCUT2D eigenvalue weighted by molar-refractivity contribution is 5.93. The zero-order chi connectivity index (χ0) is 29.7. The van der Waals surface area contributed by atoms with E-state index >= 15 is 0 Å². The topological polar surface area (TPSA) is 111 Å². The molecule has 42 heavy (non-hydrogen) atoms. The minimum Gasteiger partial charge on any atom is -0.480 e. The average Bonchev–Trinajstić information content (AvgIpc) is 3.53. The van der Waals surface area contributed by atoms with Crippen LogP contribution in [0.5, 0.6) is 0 Å². The monoisotopic (exact) mass is 570 g/mol. The van der Waals surface area contributed by atoms with Gasteiger partial charge in [-0.15, -0.1) is 0 Å². The van der Waals surface area contributed by atoms with Crippen molar-refractivity contribution in [3.8, 4) is 11.1 Å². The number of alkyl carbamates (subject to hydrolysis) is 1. The highest BCUT2D eigenvalue weighted by Gasteiger charge is 2.47. The van der Waals surface area contributed by atoms with Gasteiger partial charge in [0.15, 0.2) is 0 Å². The number of hydrogen-bond acceptors (Lipinski definition) is 6. The van der Waals surface area contributed by atoms with Crippen LogP contribution >= 0.6 is 0 Å². The lowest BCUT2D eigenvalue weighted by Crippen LogP contribution is -2.62. The van der Waals surface area contributed by atoms with E-state index in [1.807, 2.05) is 73.6 Å². The Balaban J connectivity index is 1.31. The van der Waals surface area contributed by atoms with Gasteiger partial charge in [-0.05, 0) is 54.8 Å². The number of fused-ring (bicyclic) bond motifs is 3. The Morgan fingerprint density at radius 1 is 0.976 bits per heavy atom. The summed E-state index contributed by atoms with van der Waals surface area (Å²) in [6, 6.07) is 25.0. The number of benzene rings is 3. The molecular weight excluding hydrogens is 532 g/mol. The third-order valence-corrected chi connectivity index (χ3v) is 8.19. The molecule has 3 aromatic carbocycles. The Hall–Kier alpha value is -4.21. The summed E-state index contributed by atoms with van der Waals surface area (Å²) in [5.74, 6) is -1.74. The molecule has 0 radical (unpaired) electrons. The van der Waals surface area contributed by atoms with Crippen LogP contribution in [-0.2, 0) is 20.9 Å². The van der Waals surface area contributed by atoms with E-state index in [0.29, 0.717) is 26.1 Å². The minimum absolute atomic E-state index is 0.117. The molecular formula is C33H38N4O5. The highest BCUT2D eigenvalue weighted by Crippen LogP contribution is 2.44. The first-order valence-electron chi connectivity index (χ1n) is 14.3. The maximum atomic E-state index is 13.8. The molecule has 5 rings (SSSR count). The fourth-order valence-electron chi connectivity index (χ4n) is 5.98. The van der Waals surface area contributed by atoms with Crippen LogP contribution in [0.25, 0.3) is 11.1 Å². The second-order valence-electron chi connectivity index (χ2n) is 11.4. The maximum Gasteiger partial charge on any atom is 0.408 e. The largest absolute Gasteiger partial charge is 0.480 e. The molecule has 9 heteroatoms. The van der Waals surface area contributed by atoms with Gasteiger partial charge in [-0.2, -0.15) is 0 Å². The van der Waals surface area contributed by atoms with Gasteiger partial charge in [-0.25, -0.2) is 9.59 Å². The second-order valence-corrected chi connectivity index (χ2v) is 11.4.